The maximum atomic E-state index is 13.4. The second kappa shape index (κ2) is 5.94. The van der Waals surface area contributed by atoms with Crippen molar-refractivity contribution in [2.75, 3.05) is 25.6 Å². The van der Waals surface area contributed by atoms with Gasteiger partial charge < -0.3 is 15.4 Å². The van der Waals surface area contributed by atoms with Crippen molar-refractivity contribution in [3.05, 3.63) is 27.6 Å². The summed E-state index contributed by atoms with van der Waals surface area (Å²) in [4.78, 5) is 12.1. The predicted molar refractivity (Wildman–Crippen MR) is 74.9 cm³/mol. The molecule has 0 radical (unpaired) electrons. The second-order valence-corrected chi connectivity index (χ2v) is 5.21. The van der Waals surface area contributed by atoms with E-state index in [0.717, 1.165) is 0 Å². The molecular weight excluding hydrogens is 350 g/mol. The lowest BCUT2D eigenvalue weighted by Gasteiger charge is -2.17. The maximum absolute atomic E-state index is 13.4. The molecule has 0 saturated carbocycles. The minimum Gasteiger partial charge on any atom is -0.379 e. The van der Waals surface area contributed by atoms with E-state index in [4.69, 9.17) is 4.74 Å². The van der Waals surface area contributed by atoms with Crippen LogP contribution in [0.25, 0.3) is 0 Å². The normalized spacial score (nSPS) is 23.1. The second-order valence-electron chi connectivity index (χ2n) is 4.13. The molecule has 4 nitrogen and oxygen atoms in total. The van der Waals surface area contributed by atoms with Crippen molar-refractivity contribution >= 4 is 34.2 Å². The molecule has 1 saturated heterocycles. The standard InChI is InChI=1S/C12H14FIN2O2/c1-15-10-6-18-5-7(10)12(17)16-9-4-2-3-8(13)11(9)14/h2-4,7,10,15H,5-6H2,1H3,(H,16,17). The van der Waals surface area contributed by atoms with Crippen molar-refractivity contribution in [1.29, 1.82) is 0 Å². The third kappa shape index (κ3) is 2.81. The third-order valence-electron chi connectivity index (χ3n) is 3.00. The van der Waals surface area contributed by atoms with Gasteiger partial charge in [-0.1, -0.05) is 6.07 Å². The molecule has 6 heteroatoms. The first-order valence-corrected chi connectivity index (χ1v) is 6.71. The van der Waals surface area contributed by atoms with Gasteiger partial charge in [0.15, 0.2) is 0 Å². The zero-order chi connectivity index (χ0) is 13.1. The molecule has 0 bridgehead atoms. The lowest BCUT2D eigenvalue weighted by molar-refractivity contribution is -0.120. The predicted octanol–water partition coefficient (Wildman–Crippen LogP) is 1.60. The van der Waals surface area contributed by atoms with Crippen LogP contribution < -0.4 is 10.6 Å². The molecule has 1 aromatic carbocycles. The first kappa shape index (κ1) is 13.7. The van der Waals surface area contributed by atoms with Crippen LogP contribution in [0, 0.1) is 15.3 Å². The van der Waals surface area contributed by atoms with Gasteiger partial charge in [-0.2, -0.15) is 0 Å². The van der Waals surface area contributed by atoms with Crippen LogP contribution in [0.1, 0.15) is 0 Å². The molecule has 2 atom stereocenters. The van der Waals surface area contributed by atoms with Crippen molar-refractivity contribution in [2.24, 2.45) is 5.92 Å². The van der Waals surface area contributed by atoms with E-state index in [1.807, 2.05) is 22.6 Å². The van der Waals surface area contributed by atoms with Gasteiger partial charge in [0.05, 0.1) is 28.4 Å². The first-order valence-electron chi connectivity index (χ1n) is 5.63. The molecule has 1 fully saturated rings. The molecule has 0 aliphatic carbocycles. The summed E-state index contributed by atoms with van der Waals surface area (Å²) in [6.07, 6.45) is 0. The largest absolute Gasteiger partial charge is 0.379 e. The number of likely N-dealkylation sites (N-methyl/N-ethyl adjacent to an activating group) is 1. The number of hydrogen-bond donors (Lipinski definition) is 2. The summed E-state index contributed by atoms with van der Waals surface area (Å²) in [6, 6.07) is 4.64. The molecular formula is C12H14FIN2O2. The highest BCUT2D eigenvalue weighted by molar-refractivity contribution is 14.1. The Labute approximate surface area is 118 Å². The average Bonchev–Trinajstić information content (AvgIpc) is 2.83. The van der Waals surface area contributed by atoms with Gasteiger partial charge >= 0.3 is 0 Å². The van der Waals surface area contributed by atoms with Crippen LogP contribution in [0.3, 0.4) is 0 Å². The van der Waals surface area contributed by atoms with Crippen molar-refractivity contribution in [3.8, 4) is 0 Å². The van der Waals surface area contributed by atoms with Crippen LogP contribution in [0.5, 0.6) is 0 Å². The average molecular weight is 364 g/mol. The molecule has 1 aliphatic rings. The Kier molecular flexibility index (Phi) is 4.52. The van der Waals surface area contributed by atoms with Crippen LogP contribution in [-0.4, -0.2) is 32.2 Å². The number of ether oxygens (including phenoxy) is 1. The van der Waals surface area contributed by atoms with E-state index < -0.39 is 0 Å². The van der Waals surface area contributed by atoms with E-state index in [1.165, 1.54) is 6.07 Å². The van der Waals surface area contributed by atoms with Crippen LogP contribution in [-0.2, 0) is 9.53 Å². The minimum absolute atomic E-state index is 0.0104. The minimum atomic E-state index is -0.332. The van der Waals surface area contributed by atoms with Gasteiger partial charge in [0.2, 0.25) is 5.91 Å². The highest BCUT2D eigenvalue weighted by Crippen LogP contribution is 2.23. The van der Waals surface area contributed by atoms with Crippen LogP contribution in [0.2, 0.25) is 0 Å². The lowest BCUT2D eigenvalue weighted by Crippen LogP contribution is -2.39. The van der Waals surface area contributed by atoms with E-state index in [1.54, 1.807) is 19.2 Å². The van der Waals surface area contributed by atoms with Crippen molar-refractivity contribution < 1.29 is 13.9 Å². The Bertz CT molecular complexity index is 456. The van der Waals surface area contributed by atoms with Gasteiger partial charge in [0, 0.05) is 6.04 Å². The fourth-order valence-corrected chi connectivity index (χ4v) is 2.42. The molecule has 1 amide bonds. The molecule has 18 heavy (non-hydrogen) atoms. The number of hydrogen-bond acceptors (Lipinski definition) is 3. The summed E-state index contributed by atoms with van der Waals surface area (Å²) in [6.45, 7) is 0.915. The van der Waals surface area contributed by atoms with Gasteiger partial charge in [-0.05, 0) is 41.8 Å². The molecule has 0 spiro atoms. The Morgan fingerprint density at radius 2 is 2.28 bits per heavy atom. The van der Waals surface area contributed by atoms with Gasteiger partial charge in [-0.25, -0.2) is 4.39 Å². The number of anilines is 1. The summed E-state index contributed by atoms with van der Waals surface area (Å²) < 4.78 is 19.0. The molecule has 0 aromatic heterocycles. The van der Waals surface area contributed by atoms with E-state index in [2.05, 4.69) is 10.6 Å². The highest BCUT2D eigenvalue weighted by Gasteiger charge is 2.33. The Morgan fingerprint density at radius 3 is 3.00 bits per heavy atom. The highest BCUT2D eigenvalue weighted by atomic mass is 127. The van der Waals surface area contributed by atoms with Gasteiger partial charge in [0.1, 0.15) is 5.82 Å². The number of amides is 1. The Balaban J connectivity index is 2.09. The topological polar surface area (TPSA) is 50.4 Å². The third-order valence-corrected chi connectivity index (χ3v) is 4.09. The van der Waals surface area contributed by atoms with Crippen molar-refractivity contribution in [3.63, 3.8) is 0 Å². The molecule has 1 aromatic rings. The van der Waals surface area contributed by atoms with Crippen molar-refractivity contribution in [2.45, 2.75) is 6.04 Å². The summed E-state index contributed by atoms with van der Waals surface area (Å²) in [5, 5.41) is 5.80. The SMILES string of the molecule is CNC1COCC1C(=O)Nc1cccc(F)c1I. The maximum Gasteiger partial charge on any atom is 0.231 e. The lowest BCUT2D eigenvalue weighted by atomic mass is 10.0. The molecule has 2 unspecified atom stereocenters. The number of carbonyl (C=O) groups is 1. The zero-order valence-electron chi connectivity index (χ0n) is 9.87. The van der Waals surface area contributed by atoms with Gasteiger partial charge in [0.25, 0.3) is 0 Å². The molecule has 1 aliphatic heterocycles. The molecule has 1 heterocycles. The summed E-state index contributed by atoms with van der Waals surface area (Å²) >= 11 is 1.88. The number of benzene rings is 1. The van der Waals surface area contributed by atoms with E-state index >= 15 is 0 Å². The van der Waals surface area contributed by atoms with E-state index in [-0.39, 0.29) is 23.7 Å². The number of carbonyl (C=O) groups excluding carboxylic acids is 1. The first-order chi connectivity index (χ1) is 8.63. The van der Waals surface area contributed by atoms with Gasteiger partial charge in [-0.15, -0.1) is 0 Å². The van der Waals surface area contributed by atoms with Crippen LogP contribution in [0.15, 0.2) is 18.2 Å². The molecule has 2 N–H and O–H groups in total. The van der Waals surface area contributed by atoms with Crippen LogP contribution >= 0.6 is 22.6 Å². The quantitative estimate of drug-likeness (QED) is 0.802. The Morgan fingerprint density at radius 1 is 1.50 bits per heavy atom. The smallest absolute Gasteiger partial charge is 0.231 e. The van der Waals surface area contributed by atoms with E-state index in [9.17, 15) is 9.18 Å². The number of rotatable bonds is 3. The van der Waals surface area contributed by atoms with Crippen LogP contribution in [0.4, 0.5) is 10.1 Å². The Hall–Kier alpha value is -0.730. The monoisotopic (exact) mass is 364 g/mol. The van der Waals surface area contributed by atoms with Gasteiger partial charge in [-0.3, -0.25) is 4.79 Å². The molecule has 98 valence electrons. The fourth-order valence-electron chi connectivity index (χ4n) is 1.92. The van der Waals surface area contributed by atoms with E-state index in [0.29, 0.717) is 22.5 Å². The van der Waals surface area contributed by atoms with Crippen molar-refractivity contribution in [1.82, 2.24) is 5.32 Å². The number of nitrogens with one attached hydrogen (secondary N) is 2. The summed E-state index contributed by atoms with van der Waals surface area (Å²) in [5.41, 5.74) is 0.502. The fraction of sp³-hybridized carbons (Fsp3) is 0.417. The summed E-state index contributed by atoms with van der Waals surface area (Å²) in [5.74, 6) is -0.717. The summed E-state index contributed by atoms with van der Waals surface area (Å²) in [7, 11) is 1.80. The molecule has 2 rings (SSSR count). The zero-order valence-corrected chi connectivity index (χ0v) is 12.0. The number of halogens is 2.